The maximum Gasteiger partial charge on any atom is 0.281 e. The summed E-state index contributed by atoms with van der Waals surface area (Å²) in [6, 6.07) is 17.1. The minimum absolute atomic E-state index is 0.0857. The average Bonchev–Trinajstić information content (AvgIpc) is 3.15. The quantitative estimate of drug-likeness (QED) is 0.345. The van der Waals surface area contributed by atoms with E-state index >= 15 is 0 Å². The Hall–Kier alpha value is -3.34. The third-order valence-electron chi connectivity index (χ3n) is 5.24. The highest BCUT2D eigenvalue weighted by molar-refractivity contribution is 7.92. The fourth-order valence-electron chi connectivity index (χ4n) is 3.48. The second-order valence-corrected chi connectivity index (χ2v) is 10.4. The lowest BCUT2D eigenvalue weighted by Crippen LogP contribution is -2.20. The molecule has 4 aromatic rings. The number of anilines is 1. The van der Waals surface area contributed by atoms with E-state index in [0.29, 0.717) is 29.3 Å². The van der Waals surface area contributed by atoms with Crippen molar-refractivity contribution in [3.8, 4) is 0 Å². The maximum atomic E-state index is 13.8. The second-order valence-electron chi connectivity index (χ2n) is 7.73. The largest absolute Gasteiger partial charge is 0.380 e. The van der Waals surface area contributed by atoms with Crippen LogP contribution in [0.25, 0.3) is 10.2 Å². The molecule has 1 heterocycles. The molecule has 0 saturated carbocycles. The lowest BCUT2D eigenvalue weighted by molar-refractivity contribution is 0.0997. The number of ether oxygens (including phenoxy) is 1. The predicted molar refractivity (Wildman–Crippen MR) is 135 cm³/mol. The Kier molecular flexibility index (Phi) is 7.44. The Bertz CT molecular complexity index is 1540. The monoisotopic (exact) mass is 513 g/mol. The Morgan fingerprint density at radius 2 is 1.86 bits per heavy atom. The summed E-state index contributed by atoms with van der Waals surface area (Å²) in [6.45, 7) is 5.11. The van der Waals surface area contributed by atoms with Crippen LogP contribution in [0.3, 0.4) is 0 Å². The summed E-state index contributed by atoms with van der Waals surface area (Å²) >= 11 is 1.18. The van der Waals surface area contributed by atoms with Gasteiger partial charge in [-0.05, 0) is 56.3 Å². The minimum Gasteiger partial charge on any atom is -0.380 e. The SMILES string of the molecule is CCOCCn1c(=NC(=O)c2ccccc2NS(=O)(=O)c2ccc(C)cc2)sc2cc(F)ccc21. The van der Waals surface area contributed by atoms with Gasteiger partial charge in [0.25, 0.3) is 15.9 Å². The zero-order valence-corrected chi connectivity index (χ0v) is 20.8. The van der Waals surface area contributed by atoms with Crippen molar-refractivity contribution in [2.24, 2.45) is 4.99 Å². The molecule has 0 bridgehead atoms. The fourth-order valence-corrected chi connectivity index (χ4v) is 5.63. The summed E-state index contributed by atoms with van der Waals surface area (Å²) in [5, 5.41) is 0. The van der Waals surface area contributed by atoms with Gasteiger partial charge < -0.3 is 9.30 Å². The zero-order chi connectivity index (χ0) is 25.0. The molecule has 0 spiro atoms. The molecule has 0 aliphatic carbocycles. The molecule has 0 aliphatic rings. The van der Waals surface area contributed by atoms with Crippen LogP contribution in [-0.2, 0) is 21.3 Å². The number of amides is 1. The van der Waals surface area contributed by atoms with Crippen molar-refractivity contribution in [3.05, 3.63) is 88.5 Å². The lowest BCUT2D eigenvalue weighted by atomic mass is 10.2. The highest BCUT2D eigenvalue weighted by atomic mass is 32.2. The van der Waals surface area contributed by atoms with Crippen molar-refractivity contribution < 1.29 is 22.3 Å². The van der Waals surface area contributed by atoms with Gasteiger partial charge >= 0.3 is 0 Å². The third kappa shape index (κ3) is 5.67. The zero-order valence-electron chi connectivity index (χ0n) is 19.2. The topological polar surface area (TPSA) is 89.8 Å². The van der Waals surface area contributed by atoms with E-state index < -0.39 is 15.9 Å². The van der Waals surface area contributed by atoms with Crippen LogP contribution in [0.5, 0.6) is 0 Å². The minimum atomic E-state index is -3.91. The fraction of sp³-hybridized carbons (Fsp3) is 0.200. The molecular formula is C25H24FN3O4S2. The van der Waals surface area contributed by atoms with Gasteiger partial charge in [-0.2, -0.15) is 4.99 Å². The number of halogens is 1. The van der Waals surface area contributed by atoms with Gasteiger partial charge in [-0.15, -0.1) is 0 Å². The summed E-state index contributed by atoms with van der Waals surface area (Å²) in [5.74, 6) is -1.01. The van der Waals surface area contributed by atoms with Crippen LogP contribution in [0.4, 0.5) is 10.1 Å². The molecule has 1 aromatic heterocycles. The number of aryl methyl sites for hydroxylation is 1. The number of rotatable bonds is 8. The van der Waals surface area contributed by atoms with Crippen molar-refractivity contribution in [2.75, 3.05) is 17.9 Å². The van der Waals surface area contributed by atoms with Crippen molar-refractivity contribution >= 4 is 43.2 Å². The predicted octanol–water partition coefficient (Wildman–Crippen LogP) is 4.73. The van der Waals surface area contributed by atoms with Crippen molar-refractivity contribution in [3.63, 3.8) is 0 Å². The van der Waals surface area contributed by atoms with E-state index in [1.807, 2.05) is 13.8 Å². The summed E-state index contributed by atoms with van der Waals surface area (Å²) in [5.41, 5.74) is 1.88. The molecule has 1 N–H and O–H groups in total. The maximum absolute atomic E-state index is 13.8. The summed E-state index contributed by atoms with van der Waals surface area (Å²) < 4.78 is 50.0. The van der Waals surface area contributed by atoms with Crippen molar-refractivity contribution in [2.45, 2.75) is 25.3 Å². The Balaban J connectivity index is 1.72. The smallest absolute Gasteiger partial charge is 0.281 e. The molecular weight excluding hydrogens is 489 g/mol. The number of para-hydroxylation sites is 1. The number of fused-ring (bicyclic) bond motifs is 1. The highest BCUT2D eigenvalue weighted by Crippen LogP contribution is 2.22. The number of carbonyl (C=O) groups excluding carboxylic acids is 1. The van der Waals surface area contributed by atoms with E-state index in [0.717, 1.165) is 11.1 Å². The molecule has 3 aromatic carbocycles. The summed E-state index contributed by atoms with van der Waals surface area (Å²) in [6.07, 6.45) is 0. The van der Waals surface area contributed by atoms with Crippen molar-refractivity contribution in [1.82, 2.24) is 4.57 Å². The van der Waals surface area contributed by atoms with Gasteiger partial charge in [-0.25, -0.2) is 12.8 Å². The standard InChI is InChI=1S/C25H24FN3O4S2/c1-3-33-15-14-29-22-13-10-18(26)16-23(22)34-25(29)27-24(30)20-6-4-5-7-21(20)28-35(31,32)19-11-8-17(2)9-12-19/h4-13,16,28H,3,14-15H2,1-2H3. The van der Waals surface area contributed by atoms with E-state index in [-0.39, 0.29) is 22.0 Å². The van der Waals surface area contributed by atoms with Gasteiger partial charge in [-0.1, -0.05) is 41.2 Å². The van der Waals surface area contributed by atoms with Crippen molar-refractivity contribution in [1.29, 1.82) is 0 Å². The van der Waals surface area contributed by atoms with Crippen LogP contribution < -0.4 is 9.52 Å². The van der Waals surface area contributed by atoms with Gasteiger partial charge in [-0.3, -0.25) is 9.52 Å². The lowest BCUT2D eigenvalue weighted by Gasteiger charge is -2.11. The number of benzene rings is 3. The number of sulfonamides is 1. The molecule has 0 atom stereocenters. The molecule has 4 rings (SSSR count). The van der Waals surface area contributed by atoms with Gasteiger partial charge in [0.15, 0.2) is 4.80 Å². The van der Waals surface area contributed by atoms with Crippen LogP contribution >= 0.6 is 11.3 Å². The number of hydrogen-bond acceptors (Lipinski definition) is 5. The second kappa shape index (κ2) is 10.5. The molecule has 0 unspecified atom stereocenters. The molecule has 35 heavy (non-hydrogen) atoms. The molecule has 0 aliphatic heterocycles. The van der Waals surface area contributed by atoms with Crippen LogP contribution in [0, 0.1) is 12.7 Å². The van der Waals surface area contributed by atoms with E-state index in [9.17, 15) is 17.6 Å². The molecule has 10 heteroatoms. The Morgan fingerprint density at radius 1 is 1.11 bits per heavy atom. The first kappa shape index (κ1) is 24.8. The number of aromatic nitrogens is 1. The molecule has 1 amide bonds. The normalized spacial score (nSPS) is 12.3. The van der Waals surface area contributed by atoms with Crippen LogP contribution in [0.2, 0.25) is 0 Å². The number of carbonyl (C=O) groups is 1. The number of hydrogen-bond donors (Lipinski definition) is 1. The average molecular weight is 514 g/mol. The van der Waals surface area contributed by atoms with Gasteiger partial charge in [0.05, 0.1) is 33.0 Å². The Morgan fingerprint density at radius 3 is 2.60 bits per heavy atom. The number of nitrogens with one attached hydrogen (secondary N) is 1. The van der Waals surface area contributed by atoms with Crippen LogP contribution in [0.1, 0.15) is 22.8 Å². The Labute approximate surface area is 206 Å². The van der Waals surface area contributed by atoms with Crippen LogP contribution in [-0.4, -0.2) is 32.1 Å². The van der Waals surface area contributed by atoms with E-state index in [1.165, 1.54) is 47.7 Å². The molecule has 7 nitrogen and oxygen atoms in total. The molecule has 182 valence electrons. The first-order valence-electron chi connectivity index (χ1n) is 10.9. The van der Waals surface area contributed by atoms with Crippen LogP contribution in [0.15, 0.2) is 76.6 Å². The summed E-state index contributed by atoms with van der Waals surface area (Å²) in [4.78, 5) is 17.9. The number of thiazole rings is 1. The molecule has 0 saturated heterocycles. The van der Waals surface area contributed by atoms with Gasteiger partial charge in [0.2, 0.25) is 0 Å². The molecule has 0 fully saturated rings. The van der Waals surface area contributed by atoms with E-state index in [2.05, 4.69) is 9.71 Å². The summed E-state index contributed by atoms with van der Waals surface area (Å²) in [7, 11) is -3.91. The van der Waals surface area contributed by atoms with Gasteiger partial charge in [0, 0.05) is 13.2 Å². The first-order chi connectivity index (χ1) is 16.8. The number of nitrogens with zero attached hydrogens (tertiary/aromatic N) is 2. The molecule has 0 radical (unpaired) electrons. The van der Waals surface area contributed by atoms with Gasteiger partial charge in [0.1, 0.15) is 5.82 Å². The van der Waals surface area contributed by atoms with E-state index in [1.54, 1.807) is 34.9 Å². The highest BCUT2D eigenvalue weighted by Gasteiger charge is 2.19. The van der Waals surface area contributed by atoms with E-state index in [4.69, 9.17) is 4.74 Å². The third-order valence-corrected chi connectivity index (χ3v) is 7.66. The first-order valence-corrected chi connectivity index (χ1v) is 13.2.